The summed E-state index contributed by atoms with van der Waals surface area (Å²) in [6.07, 6.45) is 0. The molecule has 2 aromatic rings. The number of aliphatic carboxylic acids is 1. The summed E-state index contributed by atoms with van der Waals surface area (Å²) in [7, 11) is 0. The number of carbonyl (C=O) groups is 1. The smallest absolute Gasteiger partial charge is 0.325 e. The van der Waals surface area contributed by atoms with Gasteiger partial charge in [-0.15, -0.1) is 5.10 Å². The maximum Gasteiger partial charge on any atom is 0.325 e. The van der Waals surface area contributed by atoms with E-state index in [1.165, 1.54) is 4.68 Å². The Morgan fingerprint density at radius 3 is 2.94 bits per heavy atom. The maximum atomic E-state index is 10.7. The number of hydrogen-bond acceptors (Lipinski definition) is 4. The van der Waals surface area contributed by atoms with Gasteiger partial charge in [-0.2, -0.15) is 0 Å². The van der Waals surface area contributed by atoms with E-state index in [0.717, 1.165) is 15.6 Å². The lowest BCUT2D eigenvalue weighted by Gasteiger charge is -2.05. The summed E-state index contributed by atoms with van der Waals surface area (Å²) >= 11 is 3.37. The Morgan fingerprint density at radius 1 is 1.53 bits per heavy atom. The quantitative estimate of drug-likeness (QED) is 0.928. The number of carboxylic acids is 1. The van der Waals surface area contributed by atoms with Gasteiger partial charge in [0, 0.05) is 10.0 Å². The molecule has 2 rings (SSSR count). The molecule has 0 radical (unpaired) electrons. The largest absolute Gasteiger partial charge is 0.480 e. The number of rotatable bonds is 3. The van der Waals surface area contributed by atoms with E-state index in [4.69, 9.17) is 5.11 Å². The van der Waals surface area contributed by atoms with Gasteiger partial charge in [-0.25, -0.2) is 4.68 Å². The van der Waals surface area contributed by atoms with Crippen molar-refractivity contribution in [2.75, 3.05) is 0 Å². The number of aryl methyl sites for hydroxylation is 1. The summed E-state index contributed by atoms with van der Waals surface area (Å²) in [5, 5.41) is 19.8. The average molecular weight is 297 g/mol. The van der Waals surface area contributed by atoms with Crippen LogP contribution in [0.15, 0.2) is 22.7 Å². The summed E-state index contributed by atoms with van der Waals surface area (Å²) in [5.74, 6) is -0.522. The van der Waals surface area contributed by atoms with Crippen LogP contribution in [0, 0.1) is 6.92 Å². The first kappa shape index (κ1) is 11.7. The number of halogens is 1. The van der Waals surface area contributed by atoms with Crippen molar-refractivity contribution in [3.63, 3.8) is 0 Å². The van der Waals surface area contributed by atoms with Gasteiger partial charge in [0.05, 0.1) is 0 Å². The molecule has 1 N–H and O–H groups in total. The Morgan fingerprint density at radius 2 is 2.29 bits per heavy atom. The Bertz CT molecular complexity index is 567. The summed E-state index contributed by atoms with van der Waals surface area (Å²) in [6.45, 7) is 1.66. The van der Waals surface area contributed by atoms with E-state index >= 15 is 0 Å². The van der Waals surface area contributed by atoms with Crippen molar-refractivity contribution in [1.82, 2.24) is 20.2 Å². The van der Waals surface area contributed by atoms with Gasteiger partial charge in [0.2, 0.25) is 0 Å². The lowest BCUT2D eigenvalue weighted by atomic mass is 10.1. The predicted molar refractivity (Wildman–Crippen MR) is 63.3 cm³/mol. The van der Waals surface area contributed by atoms with Gasteiger partial charge in [0.25, 0.3) is 0 Å². The third-order valence-corrected chi connectivity index (χ3v) is 2.74. The third kappa shape index (κ3) is 2.50. The molecular weight excluding hydrogens is 288 g/mol. The van der Waals surface area contributed by atoms with E-state index in [1.54, 1.807) is 0 Å². The standard InChI is InChI=1S/C10H9BrN4O2/c1-6-4-7(11)2-3-8(6)10-12-13-14-15(10)5-9(16)17/h2-4H,5H2,1H3,(H,16,17). The van der Waals surface area contributed by atoms with E-state index in [2.05, 4.69) is 31.5 Å². The molecule has 1 aromatic carbocycles. The molecule has 0 atom stereocenters. The zero-order valence-electron chi connectivity index (χ0n) is 8.96. The lowest BCUT2D eigenvalue weighted by Crippen LogP contribution is -2.12. The zero-order chi connectivity index (χ0) is 12.4. The molecule has 0 aliphatic carbocycles. The number of benzene rings is 1. The lowest BCUT2D eigenvalue weighted by molar-refractivity contribution is -0.137. The van der Waals surface area contributed by atoms with Gasteiger partial charge < -0.3 is 5.11 Å². The first-order valence-corrected chi connectivity index (χ1v) is 5.61. The van der Waals surface area contributed by atoms with Gasteiger partial charge in [0.15, 0.2) is 5.82 Å². The molecule has 1 heterocycles. The molecule has 17 heavy (non-hydrogen) atoms. The zero-order valence-corrected chi connectivity index (χ0v) is 10.5. The Labute approximate surface area is 105 Å². The van der Waals surface area contributed by atoms with Crippen molar-refractivity contribution in [2.24, 2.45) is 0 Å². The van der Waals surface area contributed by atoms with Gasteiger partial charge in [0.1, 0.15) is 6.54 Å². The van der Waals surface area contributed by atoms with Crippen molar-refractivity contribution in [2.45, 2.75) is 13.5 Å². The normalized spacial score (nSPS) is 10.5. The fraction of sp³-hybridized carbons (Fsp3) is 0.200. The first-order valence-electron chi connectivity index (χ1n) is 4.82. The fourth-order valence-corrected chi connectivity index (χ4v) is 1.99. The van der Waals surface area contributed by atoms with Crippen molar-refractivity contribution in [3.05, 3.63) is 28.2 Å². The monoisotopic (exact) mass is 296 g/mol. The molecule has 0 aliphatic rings. The summed E-state index contributed by atoms with van der Waals surface area (Å²) in [6, 6.07) is 5.64. The number of tetrazole rings is 1. The van der Waals surface area contributed by atoms with E-state index in [1.807, 2.05) is 25.1 Å². The summed E-state index contributed by atoms with van der Waals surface area (Å²) < 4.78 is 2.22. The van der Waals surface area contributed by atoms with Crippen molar-refractivity contribution in [3.8, 4) is 11.4 Å². The van der Waals surface area contributed by atoms with E-state index in [-0.39, 0.29) is 6.54 Å². The first-order chi connectivity index (χ1) is 8.08. The minimum absolute atomic E-state index is 0.252. The van der Waals surface area contributed by atoms with Crippen LogP contribution < -0.4 is 0 Å². The summed E-state index contributed by atoms with van der Waals surface area (Å²) in [5.41, 5.74) is 1.79. The van der Waals surface area contributed by atoms with Crippen LogP contribution in [0.4, 0.5) is 0 Å². The second kappa shape index (κ2) is 4.62. The predicted octanol–water partition coefficient (Wildman–Crippen LogP) is 1.50. The van der Waals surface area contributed by atoms with E-state index in [0.29, 0.717) is 5.82 Å². The van der Waals surface area contributed by atoms with Crippen LogP contribution >= 0.6 is 15.9 Å². The third-order valence-electron chi connectivity index (χ3n) is 2.25. The molecule has 7 heteroatoms. The molecule has 0 saturated heterocycles. The molecule has 1 aromatic heterocycles. The molecule has 0 fully saturated rings. The van der Waals surface area contributed by atoms with Crippen molar-refractivity contribution < 1.29 is 9.90 Å². The van der Waals surface area contributed by atoms with Gasteiger partial charge >= 0.3 is 5.97 Å². The molecule has 0 saturated carbocycles. The van der Waals surface area contributed by atoms with Crippen LogP contribution in [0.25, 0.3) is 11.4 Å². The van der Waals surface area contributed by atoms with E-state index in [9.17, 15) is 4.79 Å². The fourth-order valence-electron chi connectivity index (χ4n) is 1.51. The van der Waals surface area contributed by atoms with Gasteiger partial charge in [-0.05, 0) is 41.1 Å². The highest BCUT2D eigenvalue weighted by atomic mass is 79.9. The van der Waals surface area contributed by atoms with Crippen LogP contribution in [0.3, 0.4) is 0 Å². The summed E-state index contributed by atoms with van der Waals surface area (Å²) in [4.78, 5) is 10.7. The van der Waals surface area contributed by atoms with Crippen LogP contribution in [-0.2, 0) is 11.3 Å². The molecule has 0 unspecified atom stereocenters. The highest BCUT2D eigenvalue weighted by Gasteiger charge is 2.13. The topological polar surface area (TPSA) is 80.9 Å². The highest BCUT2D eigenvalue weighted by molar-refractivity contribution is 9.10. The molecule has 88 valence electrons. The van der Waals surface area contributed by atoms with E-state index < -0.39 is 5.97 Å². The Hall–Kier alpha value is -1.76. The minimum atomic E-state index is -0.978. The second-order valence-electron chi connectivity index (χ2n) is 3.51. The molecule has 0 aliphatic heterocycles. The second-order valence-corrected chi connectivity index (χ2v) is 4.43. The average Bonchev–Trinajstić information content (AvgIpc) is 2.65. The maximum absolute atomic E-state index is 10.7. The Balaban J connectivity index is 2.46. The van der Waals surface area contributed by atoms with Crippen LogP contribution in [0.5, 0.6) is 0 Å². The SMILES string of the molecule is Cc1cc(Br)ccc1-c1nnnn1CC(=O)O. The number of aromatic nitrogens is 4. The van der Waals surface area contributed by atoms with Gasteiger partial charge in [-0.1, -0.05) is 15.9 Å². The van der Waals surface area contributed by atoms with Crippen molar-refractivity contribution in [1.29, 1.82) is 0 Å². The van der Waals surface area contributed by atoms with Crippen molar-refractivity contribution >= 4 is 21.9 Å². The molecule has 0 spiro atoms. The molecule has 0 amide bonds. The van der Waals surface area contributed by atoms with Crippen LogP contribution in [0.1, 0.15) is 5.56 Å². The van der Waals surface area contributed by atoms with Crippen LogP contribution in [0.2, 0.25) is 0 Å². The number of hydrogen-bond donors (Lipinski definition) is 1. The van der Waals surface area contributed by atoms with Crippen LogP contribution in [-0.4, -0.2) is 31.3 Å². The molecular formula is C10H9BrN4O2. The van der Waals surface area contributed by atoms with Gasteiger partial charge in [-0.3, -0.25) is 4.79 Å². The minimum Gasteiger partial charge on any atom is -0.480 e. The molecule has 6 nitrogen and oxygen atoms in total. The highest BCUT2D eigenvalue weighted by Crippen LogP contribution is 2.23. The number of carboxylic acid groups (broad SMARTS) is 1. The molecule has 0 bridgehead atoms. The number of nitrogens with zero attached hydrogens (tertiary/aromatic N) is 4. The Kier molecular flexibility index (Phi) is 3.19.